The lowest BCUT2D eigenvalue weighted by molar-refractivity contribution is -0.140. The zero-order chi connectivity index (χ0) is 25.5. The molecule has 2 amide bonds. The number of carboxylic acids is 1. The minimum atomic E-state index is -0.966. The number of amides is 2. The average Bonchev–Trinajstić information content (AvgIpc) is 3.13. The van der Waals surface area contributed by atoms with Gasteiger partial charge in [0.25, 0.3) is 0 Å². The lowest BCUT2D eigenvalue weighted by atomic mass is 9.98. The molecule has 1 aliphatic carbocycles. The van der Waals surface area contributed by atoms with Crippen LogP contribution in [-0.4, -0.2) is 53.2 Å². The molecule has 0 saturated heterocycles. The Labute approximate surface area is 207 Å². The predicted molar refractivity (Wildman–Crippen MR) is 135 cm³/mol. The number of nitrogens with zero attached hydrogens (tertiary/aromatic N) is 1. The lowest BCUT2D eigenvalue weighted by Gasteiger charge is -2.31. The van der Waals surface area contributed by atoms with E-state index in [1.54, 1.807) is 0 Å². The van der Waals surface area contributed by atoms with Gasteiger partial charge >= 0.3 is 12.1 Å². The summed E-state index contributed by atoms with van der Waals surface area (Å²) in [5, 5.41) is 11.8. The maximum absolute atomic E-state index is 13.3. The van der Waals surface area contributed by atoms with Crippen LogP contribution < -0.4 is 5.32 Å². The molecule has 35 heavy (non-hydrogen) atoms. The molecule has 0 saturated carbocycles. The first-order valence-electron chi connectivity index (χ1n) is 12.3. The minimum absolute atomic E-state index is 0.0688. The Bertz CT molecular complexity index is 1000. The second kappa shape index (κ2) is 11.9. The van der Waals surface area contributed by atoms with Gasteiger partial charge in [0.2, 0.25) is 5.91 Å². The summed E-state index contributed by atoms with van der Waals surface area (Å²) in [5.41, 5.74) is 4.53. The third kappa shape index (κ3) is 6.62. The smallest absolute Gasteiger partial charge is 0.407 e. The van der Waals surface area contributed by atoms with Crippen molar-refractivity contribution in [3.8, 4) is 11.1 Å². The first-order valence-corrected chi connectivity index (χ1v) is 12.3. The molecule has 7 nitrogen and oxygen atoms in total. The second-order valence-electron chi connectivity index (χ2n) is 9.76. The Balaban J connectivity index is 1.70. The molecule has 0 heterocycles. The molecule has 2 N–H and O–H groups in total. The molecule has 2 aromatic carbocycles. The number of fused-ring (bicyclic) bond motifs is 3. The van der Waals surface area contributed by atoms with Gasteiger partial charge in [0.15, 0.2) is 0 Å². The quantitative estimate of drug-likeness (QED) is 0.470. The van der Waals surface area contributed by atoms with Gasteiger partial charge in [0.1, 0.15) is 12.6 Å². The van der Waals surface area contributed by atoms with E-state index in [1.807, 2.05) is 38.1 Å². The second-order valence-corrected chi connectivity index (χ2v) is 9.76. The predicted octanol–water partition coefficient (Wildman–Crippen LogP) is 5.04. The van der Waals surface area contributed by atoms with Crippen molar-refractivity contribution in [3.05, 3.63) is 59.7 Å². The number of nitrogens with one attached hydrogen (secondary N) is 1. The van der Waals surface area contributed by atoms with Crippen LogP contribution in [0.2, 0.25) is 0 Å². The van der Waals surface area contributed by atoms with Crippen molar-refractivity contribution in [1.29, 1.82) is 0 Å². The molecule has 0 fully saturated rings. The summed E-state index contributed by atoms with van der Waals surface area (Å²) < 4.78 is 5.65. The van der Waals surface area contributed by atoms with E-state index in [2.05, 4.69) is 43.4 Å². The summed E-state index contributed by atoms with van der Waals surface area (Å²) in [5.74, 6) is -0.969. The average molecular weight is 481 g/mol. The Hall–Kier alpha value is -3.35. The van der Waals surface area contributed by atoms with Crippen molar-refractivity contribution < 1.29 is 24.2 Å². The van der Waals surface area contributed by atoms with Crippen molar-refractivity contribution in [2.75, 3.05) is 13.2 Å². The van der Waals surface area contributed by atoms with Crippen molar-refractivity contribution in [2.24, 2.45) is 5.92 Å². The van der Waals surface area contributed by atoms with Gasteiger partial charge in [-0.3, -0.25) is 9.59 Å². The van der Waals surface area contributed by atoms with E-state index in [0.29, 0.717) is 12.3 Å². The van der Waals surface area contributed by atoms with Crippen LogP contribution in [0, 0.1) is 5.92 Å². The molecule has 0 aliphatic heterocycles. The molecule has 1 aliphatic rings. The Morgan fingerprint density at radius 1 is 0.943 bits per heavy atom. The summed E-state index contributed by atoms with van der Waals surface area (Å²) in [7, 11) is 0. The van der Waals surface area contributed by atoms with Gasteiger partial charge in [-0.25, -0.2) is 4.79 Å². The molecule has 0 spiro atoms. The summed E-state index contributed by atoms with van der Waals surface area (Å²) in [6.45, 7) is 8.05. The number of hydrogen-bond acceptors (Lipinski definition) is 4. The molecule has 188 valence electrons. The fraction of sp³-hybridized carbons (Fsp3) is 0.464. The molecule has 1 unspecified atom stereocenters. The normalized spacial score (nSPS) is 13.3. The standard InChI is InChI=1S/C28H36N2O5/c1-18(2)13-14-25(27(33)30(19(3)4)16-15-26(31)32)29-28(34)35-17-24-22-11-7-5-9-20(22)21-10-6-8-12-23(21)24/h5-12,18-19,24-25H,13-17H2,1-4H3,(H,29,34)(H,31,32). The van der Waals surface area contributed by atoms with Crippen molar-refractivity contribution in [3.63, 3.8) is 0 Å². The molecular weight excluding hydrogens is 444 g/mol. The number of ether oxygens (including phenoxy) is 1. The SMILES string of the molecule is CC(C)CCC(NC(=O)OCC1c2ccccc2-c2ccccc21)C(=O)N(CCC(=O)O)C(C)C. The van der Waals surface area contributed by atoms with Crippen LogP contribution >= 0.6 is 0 Å². The van der Waals surface area contributed by atoms with E-state index in [-0.39, 0.29) is 37.4 Å². The lowest BCUT2D eigenvalue weighted by Crippen LogP contribution is -2.51. The molecule has 1 atom stereocenters. The number of benzene rings is 2. The highest BCUT2D eigenvalue weighted by Crippen LogP contribution is 2.44. The van der Waals surface area contributed by atoms with Gasteiger partial charge in [-0.1, -0.05) is 62.4 Å². The van der Waals surface area contributed by atoms with E-state index >= 15 is 0 Å². The summed E-state index contributed by atoms with van der Waals surface area (Å²) in [4.78, 5) is 38.7. The van der Waals surface area contributed by atoms with E-state index in [1.165, 1.54) is 4.90 Å². The highest BCUT2D eigenvalue weighted by atomic mass is 16.5. The number of aliphatic carboxylic acids is 1. The number of carboxylic acid groups (broad SMARTS) is 1. The third-order valence-electron chi connectivity index (χ3n) is 6.44. The Morgan fingerprint density at radius 2 is 1.51 bits per heavy atom. The molecule has 7 heteroatoms. The number of rotatable bonds is 11. The fourth-order valence-electron chi connectivity index (χ4n) is 4.58. The van der Waals surface area contributed by atoms with Crippen LogP contribution in [0.4, 0.5) is 4.79 Å². The maximum atomic E-state index is 13.3. The summed E-state index contributed by atoms with van der Waals surface area (Å²) in [6, 6.07) is 15.3. The Morgan fingerprint density at radius 3 is 2.03 bits per heavy atom. The number of hydrogen-bond donors (Lipinski definition) is 2. The van der Waals surface area contributed by atoms with Gasteiger partial charge in [-0.15, -0.1) is 0 Å². The molecule has 2 aromatic rings. The van der Waals surface area contributed by atoms with E-state index < -0.39 is 18.1 Å². The Kier molecular flexibility index (Phi) is 8.90. The van der Waals surface area contributed by atoms with Crippen molar-refractivity contribution in [2.45, 2.75) is 65.0 Å². The molecule has 0 bridgehead atoms. The van der Waals surface area contributed by atoms with Gasteiger partial charge in [0.05, 0.1) is 6.42 Å². The van der Waals surface area contributed by atoms with Crippen LogP contribution in [-0.2, 0) is 14.3 Å². The van der Waals surface area contributed by atoms with Crippen molar-refractivity contribution in [1.82, 2.24) is 10.2 Å². The first kappa shape index (κ1) is 26.3. The van der Waals surface area contributed by atoms with Crippen LogP contribution in [0.3, 0.4) is 0 Å². The topological polar surface area (TPSA) is 95.9 Å². The first-order chi connectivity index (χ1) is 16.7. The zero-order valence-electron chi connectivity index (χ0n) is 21.0. The van der Waals surface area contributed by atoms with Gasteiger partial charge in [0, 0.05) is 18.5 Å². The largest absolute Gasteiger partial charge is 0.481 e. The van der Waals surface area contributed by atoms with Crippen LogP contribution in [0.5, 0.6) is 0 Å². The van der Waals surface area contributed by atoms with Gasteiger partial charge in [-0.2, -0.15) is 0 Å². The van der Waals surface area contributed by atoms with Crippen LogP contribution in [0.25, 0.3) is 11.1 Å². The fourth-order valence-corrected chi connectivity index (χ4v) is 4.58. The maximum Gasteiger partial charge on any atom is 0.407 e. The zero-order valence-corrected chi connectivity index (χ0v) is 21.0. The third-order valence-corrected chi connectivity index (χ3v) is 6.44. The van der Waals surface area contributed by atoms with Crippen LogP contribution in [0.1, 0.15) is 64.0 Å². The van der Waals surface area contributed by atoms with E-state index in [0.717, 1.165) is 28.7 Å². The highest BCUT2D eigenvalue weighted by molar-refractivity contribution is 5.86. The van der Waals surface area contributed by atoms with Gasteiger partial charge in [-0.05, 0) is 54.9 Å². The molecule has 3 rings (SSSR count). The van der Waals surface area contributed by atoms with Gasteiger partial charge < -0.3 is 20.1 Å². The molecular formula is C28H36N2O5. The highest BCUT2D eigenvalue weighted by Gasteiger charge is 2.31. The molecule has 0 aromatic heterocycles. The summed E-state index contributed by atoms with van der Waals surface area (Å²) >= 11 is 0. The molecule has 0 radical (unpaired) electrons. The number of alkyl carbamates (subject to hydrolysis) is 1. The van der Waals surface area contributed by atoms with E-state index in [9.17, 15) is 14.4 Å². The number of carbonyl (C=O) groups excluding carboxylic acids is 2. The van der Waals surface area contributed by atoms with E-state index in [4.69, 9.17) is 9.84 Å². The van der Waals surface area contributed by atoms with Crippen molar-refractivity contribution >= 4 is 18.0 Å². The van der Waals surface area contributed by atoms with Crippen LogP contribution in [0.15, 0.2) is 48.5 Å². The summed E-state index contributed by atoms with van der Waals surface area (Å²) in [6.07, 6.45) is 0.407. The number of carbonyl (C=O) groups is 3. The minimum Gasteiger partial charge on any atom is -0.481 e. The monoisotopic (exact) mass is 480 g/mol.